The summed E-state index contributed by atoms with van der Waals surface area (Å²) in [7, 11) is 3.12. The van der Waals surface area contributed by atoms with Crippen molar-refractivity contribution in [2.45, 2.75) is 6.04 Å². The molecular formula is C18H30Cl2N4O4. The molecule has 0 saturated carbocycles. The summed E-state index contributed by atoms with van der Waals surface area (Å²) in [5.74, 6) is 0.547. The second kappa shape index (κ2) is 13.6. The van der Waals surface area contributed by atoms with E-state index in [1.807, 2.05) is 0 Å². The van der Waals surface area contributed by atoms with Crippen molar-refractivity contribution in [2.75, 3.05) is 60.1 Å². The van der Waals surface area contributed by atoms with Gasteiger partial charge in [-0.25, -0.2) is 0 Å². The van der Waals surface area contributed by atoms with E-state index in [-0.39, 0.29) is 43.2 Å². The number of nitrogens with zero attached hydrogens (tertiary/aromatic N) is 2. The van der Waals surface area contributed by atoms with Gasteiger partial charge in [0, 0.05) is 51.9 Å². The van der Waals surface area contributed by atoms with E-state index < -0.39 is 6.04 Å². The van der Waals surface area contributed by atoms with Crippen molar-refractivity contribution < 1.29 is 19.1 Å². The van der Waals surface area contributed by atoms with Crippen LogP contribution in [0.25, 0.3) is 0 Å². The van der Waals surface area contributed by atoms with Gasteiger partial charge in [0.05, 0.1) is 13.7 Å². The van der Waals surface area contributed by atoms with Crippen LogP contribution in [-0.2, 0) is 9.53 Å². The van der Waals surface area contributed by atoms with Crippen LogP contribution in [0.2, 0.25) is 0 Å². The van der Waals surface area contributed by atoms with Crippen LogP contribution in [-0.4, -0.2) is 87.8 Å². The van der Waals surface area contributed by atoms with E-state index >= 15 is 0 Å². The van der Waals surface area contributed by atoms with Gasteiger partial charge in [-0.15, -0.1) is 24.8 Å². The fraction of sp³-hybridized carbons (Fsp3) is 0.556. The first-order chi connectivity index (χ1) is 12.5. The maximum atomic E-state index is 12.1. The largest absolute Gasteiger partial charge is 0.497 e. The van der Waals surface area contributed by atoms with E-state index in [2.05, 4.69) is 10.2 Å². The number of nitrogens with one attached hydrogen (secondary N) is 1. The van der Waals surface area contributed by atoms with Gasteiger partial charge in [-0.05, 0) is 24.3 Å². The Balaban J connectivity index is 0.00000364. The lowest BCUT2D eigenvalue weighted by Gasteiger charge is -2.35. The van der Waals surface area contributed by atoms with Crippen LogP contribution in [0.3, 0.4) is 0 Å². The first kappa shape index (κ1) is 26.4. The molecule has 1 atom stereocenters. The molecule has 2 amide bonds. The molecule has 1 fully saturated rings. The molecule has 10 heteroatoms. The Morgan fingerprint density at radius 3 is 2.25 bits per heavy atom. The normalized spacial score (nSPS) is 15.0. The lowest BCUT2D eigenvalue weighted by molar-refractivity contribution is -0.135. The summed E-state index contributed by atoms with van der Waals surface area (Å²) in [5.41, 5.74) is 6.40. The van der Waals surface area contributed by atoms with Gasteiger partial charge in [0.2, 0.25) is 5.91 Å². The average molecular weight is 437 g/mol. The Labute approximate surface area is 178 Å². The quantitative estimate of drug-likeness (QED) is 0.611. The lowest BCUT2D eigenvalue weighted by atomic mass is 10.2. The number of ether oxygens (including phenoxy) is 2. The Morgan fingerprint density at radius 2 is 1.71 bits per heavy atom. The molecule has 160 valence electrons. The highest BCUT2D eigenvalue weighted by molar-refractivity contribution is 5.94. The van der Waals surface area contributed by atoms with Crippen molar-refractivity contribution in [3.05, 3.63) is 29.8 Å². The third-order valence-corrected chi connectivity index (χ3v) is 4.41. The van der Waals surface area contributed by atoms with Crippen molar-refractivity contribution in [3.8, 4) is 5.75 Å². The topological polar surface area (TPSA) is 97.1 Å². The molecular weight excluding hydrogens is 407 g/mol. The summed E-state index contributed by atoms with van der Waals surface area (Å²) in [6.45, 7) is 4.35. The smallest absolute Gasteiger partial charge is 0.251 e. The Kier molecular flexibility index (Phi) is 12.8. The van der Waals surface area contributed by atoms with Gasteiger partial charge in [-0.2, -0.15) is 0 Å². The van der Waals surface area contributed by atoms with Crippen LogP contribution in [0, 0.1) is 0 Å². The van der Waals surface area contributed by atoms with Crippen molar-refractivity contribution >= 4 is 36.6 Å². The van der Waals surface area contributed by atoms with E-state index in [0.29, 0.717) is 25.2 Å². The molecule has 1 aromatic carbocycles. The molecule has 0 aromatic heterocycles. The summed E-state index contributed by atoms with van der Waals surface area (Å²) in [6.07, 6.45) is 0. The first-order valence-electron chi connectivity index (χ1n) is 8.73. The summed E-state index contributed by atoms with van der Waals surface area (Å²) in [4.78, 5) is 28.2. The van der Waals surface area contributed by atoms with E-state index in [9.17, 15) is 9.59 Å². The molecule has 0 spiro atoms. The molecule has 1 saturated heterocycles. The van der Waals surface area contributed by atoms with E-state index in [1.165, 1.54) is 7.11 Å². The average Bonchev–Trinajstić information content (AvgIpc) is 2.68. The number of amides is 2. The number of carbonyl (C=O) groups is 2. The summed E-state index contributed by atoms with van der Waals surface area (Å²) >= 11 is 0. The third-order valence-electron chi connectivity index (χ3n) is 4.41. The highest BCUT2D eigenvalue weighted by Gasteiger charge is 2.25. The molecule has 0 aliphatic carbocycles. The van der Waals surface area contributed by atoms with Crippen LogP contribution < -0.4 is 15.8 Å². The molecule has 28 heavy (non-hydrogen) atoms. The minimum Gasteiger partial charge on any atom is -0.497 e. The number of piperazine rings is 1. The SMILES string of the molecule is COCC(N)C(=O)N1CCN(CCNC(=O)c2ccc(OC)cc2)CC1.Cl.Cl. The molecule has 1 aromatic rings. The lowest BCUT2D eigenvalue weighted by Crippen LogP contribution is -2.54. The van der Waals surface area contributed by atoms with Gasteiger partial charge in [-0.1, -0.05) is 0 Å². The zero-order valence-corrected chi connectivity index (χ0v) is 17.9. The third kappa shape index (κ3) is 7.81. The maximum absolute atomic E-state index is 12.1. The standard InChI is InChI=1S/C18H28N4O4.2ClH/c1-25-13-16(19)18(24)22-11-9-21(10-12-22)8-7-20-17(23)14-3-5-15(26-2)6-4-14;;/h3-6,16H,7-13,19H2,1-2H3,(H,20,23);2*1H. The number of benzene rings is 1. The van der Waals surface area contributed by atoms with Gasteiger partial charge in [0.1, 0.15) is 11.8 Å². The van der Waals surface area contributed by atoms with Crippen LogP contribution in [0.5, 0.6) is 5.75 Å². The molecule has 0 radical (unpaired) electrons. The monoisotopic (exact) mass is 436 g/mol. The number of nitrogens with two attached hydrogens (primary N) is 1. The molecule has 8 nitrogen and oxygen atoms in total. The number of methoxy groups -OCH3 is 2. The highest BCUT2D eigenvalue weighted by atomic mass is 35.5. The van der Waals surface area contributed by atoms with Gasteiger partial charge >= 0.3 is 0 Å². The number of hydrogen-bond donors (Lipinski definition) is 2. The van der Waals surface area contributed by atoms with Crippen molar-refractivity contribution in [2.24, 2.45) is 5.73 Å². The summed E-state index contributed by atoms with van der Waals surface area (Å²) in [5, 5.41) is 2.91. The van der Waals surface area contributed by atoms with Gasteiger partial charge in [0.25, 0.3) is 5.91 Å². The predicted molar refractivity (Wildman–Crippen MR) is 113 cm³/mol. The van der Waals surface area contributed by atoms with E-state index in [0.717, 1.165) is 25.4 Å². The fourth-order valence-electron chi connectivity index (χ4n) is 2.85. The molecule has 0 bridgehead atoms. The zero-order chi connectivity index (χ0) is 18.9. The number of halogens is 2. The maximum Gasteiger partial charge on any atom is 0.251 e. The predicted octanol–water partition coefficient (Wildman–Crippen LogP) is 0.387. The zero-order valence-electron chi connectivity index (χ0n) is 16.3. The van der Waals surface area contributed by atoms with Crippen LogP contribution in [0.4, 0.5) is 0 Å². The summed E-state index contributed by atoms with van der Waals surface area (Å²) < 4.78 is 10.0. The van der Waals surface area contributed by atoms with Gasteiger partial charge in [-0.3, -0.25) is 14.5 Å². The molecule has 1 aliphatic rings. The fourth-order valence-corrected chi connectivity index (χ4v) is 2.85. The minimum atomic E-state index is -0.602. The number of carbonyl (C=O) groups excluding carboxylic acids is 2. The van der Waals surface area contributed by atoms with E-state index in [4.69, 9.17) is 15.2 Å². The molecule has 3 N–H and O–H groups in total. The Morgan fingerprint density at radius 1 is 1.11 bits per heavy atom. The molecule has 1 aliphatic heterocycles. The van der Waals surface area contributed by atoms with Crippen molar-refractivity contribution in [3.63, 3.8) is 0 Å². The van der Waals surface area contributed by atoms with Crippen LogP contribution >= 0.6 is 24.8 Å². The van der Waals surface area contributed by atoms with E-state index in [1.54, 1.807) is 36.3 Å². The van der Waals surface area contributed by atoms with Crippen LogP contribution in [0.1, 0.15) is 10.4 Å². The molecule has 2 rings (SSSR count). The first-order valence-corrected chi connectivity index (χ1v) is 8.73. The van der Waals surface area contributed by atoms with Crippen molar-refractivity contribution in [1.82, 2.24) is 15.1 Å². The second-order valence-corrected chi connectivity index (χ2v) is 6.21. The van der Waals surface area contributed by atoms with Gasteiger partial charge in [0.15, 0.2) is 0 Å². The minimum absolute atomic E-state index is 0. The van der Waals surface area contributed by atoms with Gasteiger partial charge < -0.3 is 25.4 Å². The Bertz CT molecular complexity index is 596. The Hall–Kier alpha value is -1.58. The molecule has 1 heterocycles. The van der Waals surface area contributed by atoms with Crippen molar-refractivity contribution in [1.29, 1.82) is 0 Å². The number of rotatable bonds is 8. The van der Waals surface area contributed by atoms with Crippen LogP contribution in [0.15, 0.2) is 24.3 Å². The number of hydrogen-bond acceptors (Lipinski definition) is 6. The summed E-state index contributed by atoms with van der Waals surface area (Å²) in [6, 6.07) is 6.40. The highest BCUT2D eigenvalue weighted by Crippen LogP contribution is 2.11. The molecule has 1 unspecified atom stereocenters. The second-order valence-electron chi connectivity index (χ2n) is 6.21.